The highest BCUT2D eigenvalue weighted by Crippen LogP contribution is 1.93. The van der Waals surface area contributed by atoms with Gasteiger partial charge in [0.05, 0.1) is 38.9 Å². The zero-order valence-corrected chi connectivity index (χ0v) is 16.1. The third kappa shape index (κ3) is 10.9. The molecule has 0 bridgehead atoms. The van der Waals surface area contributed by atoms with Gasteiger partial charge in [-0.25, -0.2) is 4.79 Å². The summed E-state index contributed by atoms with van der Waals surface area (Å²) in [7, 11) is 0. The molecule has 0 spiro atoms. The van der Waals surface area contributed by atoms with Crippen LogP contribution in [0.4, 0.5) is 0 Å². The Bertz CT molecular complexity index is 655. The second kappa shape index (κ2) is 13.8. The average Bonchev–Trinajstić information content (AvgIpc) is 2.70. The van der Waals surface area contributed by atoms with Gasteiger partial charge in [-0.05, 0) is 6.92 Å². The fraction of sp³-hybridized carbons (Fsp3) is 0.600. The molecule has 0 aromatic carbocycles. The van der Waals surface area contributed by atoms with E-state index in [2.05, 4.69) is 21.3 Å². The summed E-state index contributed by atoms with van der Waals surface area (Å²) in [4.78, 5) is 68.7. The Morgan fingerprint density at radius 3 is 1.80 bits per heavy atom. The largest absolute Gasteiger partial charge is 0.480 e. The van der Waals surface area contributed by atoms with E-state index in [0.29, 0.717) is 0 Å². The molecule has 0 heterocycles. The maximum absolute atomic E-state index is 12.1. The molecule has 0 aromatic rings. The Morgan fingerprint density at radius 1 is 0.833 bits per heavy atom. The first-order valence-electron chi connectivity index (χ1n) is 8.63. The topological polar surface area (TPSA) is 249 Å². The van der Waals surface area contributed by atoms with Crippen LogP contribution in [0, 0.1) is 0 Å². The first-order valence-corrected chi connectivity index (χ1v) is 8.63. The lowest BCUT2D eigenvalue weighted by molar-refractivity contribution is -0.142. The fourth-order valence-corrected chi connectivity index (χ4v) is 1.83. The summed E-state index contributed by atoms with van der Waals surface area (Å²) in [5.74, 6) is -5.45. The lowest BCUT2D eigenvalue weighted by Crippen LogP contribution is -2.55. The molecule has 15 heteroatoms. The van der Waals surface area contributed by atoms with Gasteiger partial charge in [-0.1, -0.05) is 0 Å². The summed E-state index contributed by atoms with van der Waals surface area (Å²) in [5.41, 5.74) is 5.06. The number of aliphatic carboxylic acids is 1. The van der Waals surface area contributed by atoms with Crippen molar-refractivity contribution in [3.63, 3.8) is 0 Å². The van der Waals surface area contributed by atoms with Crippen molar-refractivity contribution < 1.29 is 44.1 Å². The number of hydrogen-bond donors (Lipinski definition) is 9. The maximum Gasteiger partial charge on any atom is 0.328 e. The van der Waals surface area contributed by atoms with Gasteiger partial charge >= 0.3 is 5.97 Å². The van der Waals surface area contributed by atoms with E-state index in [4.69, 9.17) is 15.9 Å². The van der Waals surface area contributed by atoms with Crippen LogP contribution in [0.1, 0.15) is 6.92 Å². The van der Waals surface area contributed by atoms with Crippen molar-refractivity contribution in [2.75, 3.05) is 32.8 Å². The standard InChI is InChI=1S/C15H26N6O9/c1-7(23)13(21-12(27)5-17-9(24)2-16)14(28)19-3-10(25)18-4-11(26)20-8(6-22)15(29)30/h7-8,13,22-23H,2-6,16H2,1H3,(H,17,24)(H,18,25)(H,19,28)(H,20,26)(H,21,27)(H,29,30)/t7-,8+,13+/m1/s1. The highest BCUT2D eigenvalue weighted by molar-refractivity contribution is 5.93. The molecule has 0 aliphatic heterocycles. The van der Waals surface area contributed by atoms with E-state index in [1.807, 2.05) is 5.32 Å². The number of carbonyl (C=O) groups excluding carboxylic acids is 5. The molecule has 0 fully saturated rings. The second-order valence-corrected chi connectivity index (χ2v) is 5.90. The number of amides is 5. The van der Waals surface area contributed by atoms with Crippen molar-refractivity contribution in [1.29, 1.82) is 0 Å². The molecule has 3 atom stereocenters. The number of carboxylic acid groups (broad SMARTS) is 1. The number of hydrogen-bond acceptors (Lipinski definition) is 9. The number of carboxylic acids is 1. The molecule has 0 unspecified atom stereocenters. The monoisotopic (exact) mass is 434 g/mol. The van der Waals surface area contributed by atoms with Crippen molar-refractivity contribution in [2.24, 2.45) is 5.73 Å². The van der Waals surface area contributed by atoms with Crippen molar-refractivity contribution in [1.82, 2.24) is 26.6 Å². The number of rotatable bonds is 13. The van der Waals surface area contributed by atoms with Gasteiger partial charge in [0.2, 0.25) is 29.5 Å². The molecule has 5 amide bonds. The van der Waals surface area contributed by atoms with Crippen LogP contribution in [-0.2, 0) is 28.8 Å². The van der Waals surface area contributed by atoms with E-state index >= 15 is 0 Å². The van der Waals surface area contributed by atoms with E-state index in [9.17, 15) is 33.9 Å². The fourth-order valence-electron chi connectivity index (χ4n) is 1.83. The first-order chi connectivity index (χ1) is 14.0. The summed E-state index contributed by atoms with van der Waals surface area (Å²) in [6.45, 7) is -1.67. The quantitative estimate of drug-likeness (QED) is 0.132. The molecule has 30 heavy (non-hydrogen) atoms. The average molecular weight is 434 g/mol. The minimum atomic E-state index is -1.53. The van der Waals surface area contributed by atoms with Crippen LogP contribution >= 0.6 is 0 Å². The minimum absolute atomic E-state index is 0.336. The zero-order chi connectivity index (χ0) is 23.3. The van der Waals surface area contributed by atoms with Crippen molar-refractivity contribution in [2.45, 2.75) is 25.1 Å². The number of aliphatic hydroxyl groups is 2. The Balaban J connectivity index is 4.46. The molecule has 0 saturated carbocycles. The zero-order valence-electron chi connectivity index (χ0n) is 16.1. The van der Waals surface area contributed by atoms with Gasteiger partial charge < -0.3 is 47.6 Å². The van der Waals surface area contributed by atoms with E-state index in [-0.39, 0.29) is 6.54 Å². The SMILES string of the molecule is C[C@@H](O)[C@H](NC(=O)CNC(=O)CN)C(=O)NCC(=O)NCC(=O)N[C@@H](CO)C(=O)O. The van der Waals surface area contributed by atoms with Crippen LogP contribution in [0.2, 0.25) is 0 Å². The smallest absolute Gasteiger partial charge is 0.328 e. The Labute approximate surface area is 170 Å². The van der Waals surface area contributed by atoms with Gasteiger partial charge in [0.1, 0.15) is 12.1 Å². The molecule has 0 rings (SSSR count). The molecular weight excluding hydrogens is 408 g/mol. The van der Waals surface area contributed by atoms with E-state index in [1.54, 1.807) is 0 Å². The molecule has 10 N–H and O–H groups in total. The van der Waals surface area contributed by atoms with Gasteiger partial charge in [0.25, 0.3) is 0 Å². The highest BCUT2D eigenvalue weighted by atomic mass is 16.4. The first kappa shape index (κ1) is 26.7. The van der Waals surface area contributed by atoms with Crippen molar-refractivity contribution >= 4 is 35.5 Å². The van der Waals surface area contributed by atoms with Crippen molar-refractivity contribution in [3.05, 3.63) is 0 Å². The predicted octanol–water partition coefficient (Wildman–Crippen LogP) is -6.28. The second-order valence-electron chi connectivity index (χ2n) is 5.90. The van der Waals surface area contributed by atoms with Crippen LogP contribution in [0.5, 0.6) is 0 Å². The Morgan fingerprint density at radius 2 is 1.33 bits per heavy atom. The summed E-state index contributed by atoms with van der Waals surface area (Å²) < 4.78 is 0. The van der Waals surface area contributed by atoms with Crippen LogP contribution in [0.25, 0.3) is 0 Å². The Hall–Kier alpha value is -3.30. The number of nitrogens with two attached hydrogens (primary N) is 1. The predicted molar refractivity (Wildman–Crippen MR) is 98.3 cm³/mol. The van der Waals surface area contributed by atoms with Gasteiger partial charge in [0, 0.05) is 0 Å². The van der Waals surface area contributed by atoms with Gasteiger partial charge in [0.15, 0.2) is 0 Å². The lowest BCUT2D eigenvalue weighted by Gasteiger charge is -2.21. The van der Waals surface area contributed by atoms with Crippen LogP contribution in [0.3, 0.4) is 0 Å². The van der Waals surface area contributed by atoms with Crippen LogP contribution in [-0.4, -0.2) is 102 Å². The molecule has 0 aliphatic rings. The molecule has 0 aromatic heterocycles. The summed E-state index contributed by atoms with van der Waals surface area (Å²) in [5, 5.41) is 37.7. The third-order valence-corrected chi connectivity index (χ3v) is 3.40. The van der Waals surface area contributed by atoms with E-state index in [1.165, 1.54) is 6.92 Å². The third-order valence-electron chi connectivity index (χ3n) is 3.40. The molecule has 0 saturated heterocycles. The van der Waals surface area contributed by atoms with Crippen LogP contribution in [0.15, 0.2) is 0 Å². The van der Waals surface area contributed by atoms with Gasteiger partial charge in [-0.15, -0.1) is 0 Å². The Kier molecular flexibility index (Phi) is 12.3. The summed E-state index contributed by atoms with van der Waals surface area (Å²) in [6.07, 6.45) is -1.33. The summed E-state index contributed by atoms with van der Waals surface area (Å²) in [6, 6.07) is -2.96. The van der Waals surface area contributed by atoms with Crippen LogP contribution < -0.4 is 32.3 Å². The molecular formula is C15H26N6O9. The lowest BCUT2D eigenvalue weighted by atomic mass is 10.1. The molecule has 170 valence electrons. The number of carbonyl (C=O) groups is 6. The van der Waals surface area contributed by atoms with Crippen molar-refractivity contribution in [3.8, 4) is 0 Å². The highest BCUT2D eigenvalue weighted by Gasteiger charge is 2.26. The number of nitrogens with one attached hydrogen (secondary N) is 5. The normalized spacial score (nSPS) is 13.2. The van der Waals surface area contributed by atoms with Gasteiger partial charge in [-0.3, -0.25) is 24.0 Å². The van der Waals surface area contributed by atoms with E-state index < -0.39 is 79.9 Å². The molecule has 15 nitrogen and oxygen atoms in total. The van der Waals surface area contributed by atoms with Gasteiger partial charge in [-0.2, -0.15) is 0 Å². The maximum atomic E-state index is 12.1. The minimum Gasteiger partial charge on any atom is -0.480 e. The number of aliphatic hydroxyl groups excluding tert-OH is 2. The summed E-state index contributed by atoms with van der Waals surface area (Å²) >= 11 is 0. The molecule has 0 radical (unpaired) electrons. The van der Waals surface area contributed by atoms with E-state index in [0.717, 1.165) is 0 Å². The molecule has 0 aliphatic carbocycles.